The van der Waals surface area contributed by atoms with Crippen LogP contribution >= 0.6 is 0 Å². The van der Waals surface area contributed by atoms with Crippen LogP contribution < -0.4 is 5.73 Å². The maximum atomic E-state index is 6.12. The van der Waals surface area contributed by atoms with Crippen LogP contribution in [-0.4, -0.2) is 29.6 Å². The number of hydrogen-bond donors (Lipinski definition) is 1. The summed E-state index contributed by atoms with van der Waals surface area (Å²) >= 11 is 0. The van der Waals surface area contributed by atoms with E-state index in [-0.39, 0.29) is 0 Å². The Labute approximate surface area is 96.2 Å². The van der Waals surface area contributed by atoms with Gasteiger partial charge >= 0.3 is 0 Å². The molecule has 0 aliphatic carbocycles. The predicted molar refractivity (Wildman–Crippen MR) is 69.1 cm³/mol. The van der Waals surface area contributed by atoms with Crippen LogP contribution in [0.2, 0.25) is 0 Å². The van der Waals surface area contributed by atoms with Crippen molar-refractivity contribution in [3.63, 3.8) is 0 Å². The zero-order valence-electron chi connectivity index (χ0n) is 11.3. The van der Waals surface area contributed by atoms with Crippen LogP contribution in [0.3, 0.4) is 0 Å². The Bertz CT molecular complexity index is 145. The molecule has 15 heavy (non-hydrogen) atoms. The highest BCUT2D eigenvalue weighted by Gasteiger charge is 2.20. The second kappa shape index (κ2) is 8.12. The first kappa shape index (κ1) is 14.9. The van der Waals surface area contributed by atoms with E-state index < -0.39 is 0 Å². The second-order valence-corrected chi connectivity index (χ2v) is 4.85. The zero-order chi connectivity index (χ0) is 11.8. The molecule has 0 saturated carbocycles. The summed E-state index contributed by atoms with van der Waals surface area (Å²) in [5.74, 6) is 0. The van der Waals surface area contributed by atoms with E-state index in [4.69, 9.17) is 5.73 Å². The Morgan fingerprint density at radius 2 is 1.67 bits per heavy atom. The summed E-state index contributed by atoms with van der Waals surface area (Å²) < 4.78 is 0. The molecule has 0 aliphatic heterocycles. The molecule has 0 aromatic rings. The fraction of sp³-hybridized carbons (Fsp3) is 1.00. The lowest BCUT2D eigenvalue weighted by Crippen LogP contribution is -2.49. The Morgan fingerprint density at radius 3 is 2.07 bits per heavy atom. The lowest BCUT2D eigenvalue weighted by molar-refractivity contribution is 0.139. The minimum absolute atomic E-state index is 0.314. The highest BCUT2D eigenvalue weighted by atomic mass is 15.2. The van der Waals surface area contributed by atoms with E-state index in [0.717, 1.165) is 6.42 Å². The number of hydrogen-bond acceptors (Lipinski definition) is 2. The number of nitrogens with two attached hydrogens (primary N) is 1. The van der Waals surface area contributed by atoms with Gasteiger partial charge in [-0.2, -0.15) is 0 Å². The van der Waals surface area contributed by atoms with Gasteiger partial charge < -0.3 is 5.73 Å². The number of rotatable bonds is 8. The molecule has 92 valence electrons. The summed E-state index contributed by atoms with van der Waals surface area (Å²) in [6, 6.07) is 1.43. The van der Waals surface area contributed by atoms with E-state index in [1.54, 1.807) is 0 Å². The normalized spacial score (nSPS) is 16.0. The quantitative estimate of drug-likeness (QED) is 0.629. The largest absolute Gasteiger partial charge is 0.326 e. The molecule has 0 saturated heterocycles. The molecule has 0 spiro atoms. The summed E-state index contributed by atoms with van der Waals surface area (Å²) in [5.41, 5.74) is 6.12. The van der Waals surface area contributed by atoms with Crippen molar-refractivity contribution < 1.29 is 0 Å². The standard InChI is InChI=1S/C13H30N2/c1-6-8-9-10-15(11(3)4)12(5)13(14)7-2/h11-13H,6-10,14H2,1-5H3. The molecule has 0 radical (unpaired) electrons. The van der Waals surface area contributed by atoms with Crippen molar-refractivity contribution in [1.82, 2.24) is 4.90 Å². The second-order valence-electron chi connectivity index (χ2n) is 4.85. The Morgan fingerprint density at radius 1 is 1.07 bits per heavy atom. The topological polar surface area (TPSA) is 29.3 Å². The van der Waals surface area contributed by atoms with Gasteiger partial charge in [-0.15, -0.1) is 0 Å². The number of unbranched alkanes of at least 4 members (excludes halogenated alkanes) is 2. The van der Waals surface area contributed by atoms with E-state index in [9.17, 15) is 0 Å². The summed E-state index contributed by atoms with van der Waals surface area (Å²) in [7, 11) is 0. The number of nitrogens with zero attached hydrogens (tertiary/aromatic N) is 1. The lowest BCUT2D eigenvalue weighted by atomic mass is 10.0. The molecule has 0 heterocycles. The highest BCUT2D eigenvalue weighted by Crippen LogP contribution is 2.12. The fourth-order valence-electron chi connectivity index (χ4n) is 2.06. The average molecular weight is 214 g/mol. The molecule has 0 aromatic carbocycles. The maximum absolute atomic E-state index is 6.12. The maximum Gasteiger partial charge on any atom is 0.0221 e. The van der Waals surface area contributed by atoms with Crippen molar-refractivity contribution in [2.24, 2.45) is 5.73 Å². The van der Waals surface area contributed by atoms with Gasteiger partial charge in [0.15, 0.2) is 0 Å². The van der Waals surface area contributed by atoms with Crippen LogP contribution in [-0.2, 0) is 0 Å². The van der Waals surface area contributed by atoms with E-state index in [1.807, 2.05) is 0 Å². The SMILES string of the molecule is CCCCCN(C(C)C)C(C)C(N)CC. The van der Waals surface area contributed by atoms with Crippen LogP contribution in [0.15, 0.2) is 0 Å². The third-order valence-corrected chi connectivity index (χ3v) is 3.30. The molecule has 2 unspecified atom stereocenters. The van der Waals surface area contributed by atoms with Gasteiger partial charge in [-0.05, 0) is 40.2 Å². The van der Waals surface area contributed by atoms with Crippen molar-refractivity contribution >= 4 is 0 Å². The molecule has 0 fully saturated rings. The molecule has 0 aliphatic rings. The highest BCUT2D eigenvalue weighted by molar-refractivity contribution is 4.79. The van der Waals surface area contributed by atoms with Gasteiger partial charge in [-0.1, -0.05) is 26.7 Å². The minimum atomic E-state index is 0.314. The van der Waals surface area contributed by atoms with Gasteiger partial charge in [0.25, 0.3) is 0 Å². The van der Waals surface area contributed by atoms with E-state index in [0.29, 0.717) is 18.1 Å². The molecule has 0 rings (SSSR count). The van der Waals surface area contributed by atoms with Crippen LogP contribution in [0, 0.1) is 0 Å². The fourth-order valence-corrected chi connectivity index (χ4v) is 2.06. The molecule has 2 N–H and O–H groups in total. The van der Waals surface area contributed by atoms with Gasteiger partial charge in [-0.25, -0.2) is 0 Å². The molecule has 2 atom stereocenters. The zero-order valence-corrected chi connectivity index (χ0v) is 11.3. The predicted octanol–water partition coefficient (Wildman–Crippen LogP) is 3.01. The summed E-state index contributed by atoms with van der Waals surface area (Å²) in [4.78, 5) is 2.55. The van der Waals surface area contributed by atoms with Crippen molar-refractivity contribution in [3.8, 4) is 0 Å². The Hall–Kier alpha value is -0.0800. The third-order valence-electron chi connectivity index (χ3n) is 3.30. The van der Waals surface area contributed by atoms with Crippen molar-refractivity contribution in [1.29, 1.82) is 0 Å². The smallest absolute Gasteiger partial charge is 0.0221 e. The van der Waals surface area contributed by atoms with Gasteiger partial charge in [0.2, 0.25) is 0 Å². The molecular weight excluding hydrogens is 184 g/mol. The lowest BCUT2D eigenvalue weighted by Gasteiger charge is -2.36. The molecule has 0 aromatic heterocycles. The molecule has 0 amide bonds. The molecule has 2 nitrogen and oxygen atoms in total. The van der Waals surface area contributed by atoms with Gasteiger partial charge in [0.05, 0.1) is 0 Å². The van der Waals surface area contributed by atoms with E-state index >= 15 is 0 Å². The van der Waals surface area contributed by atoms with Crippen molar-refractivity contribution in [2.45, 2.75) is 78.4 Å². The first-order valence-electron chi connectivity index (χ1n) is 6.55. The monoisotopic (exact) mass is 214 g/mol. The van der Waals surface area contributed by atoms with E-state index in [1.165, 1.54) is 25.8 Å². The first-order chi connectivity index (χ1) is 7.04. The van der Waals surface area contributed by atoms with Crippen molar-refractivity contribution in [2.75, 3.05) is 6.54 Å². The third kappa shape index (κ3) is 5.53. The molecule has 2 heteroatoms. The average Bonchev–Trinajstić information content (AvgIpc) is 2.22. The van der Waals surface area contributed by atoms with Crippen LogP contribution in [0.5, 0.6) is 0 Å². The Kier molecular flexibility index (Phi) is 8.07. The summed E-state index contributed by atoms with van der Waals surface area (Å²) in [5, 5.41) is 0. The van der Waals surface area contributed by atoms with Gasteiger partial charge in [0, 0.05) is 18.1 Å². The van der Waals surface area contributed by atoms with Gasteiger partial charge in [-0.3, -0.25) is 4.90 Å². The summed E-state index contributed by atoms with van der Waals surface area (Å²) in [6.45, 7) is 12.4. The first-order valence-corrected chi connectivity index (χ1v) is 6.55. The minimum Gasteiger partial charge on any atom is -0.326 e. The molecule has 0 bridgehead atoms. The Balaban J connectivity index is 4.12. The van der Waals surface area contributed by atoms with Crippen LogP contribution in [0.25, 0.3) is 0 Å². The van der Waals surface area contributed by atoms with Gasteiger partial charge in [0.1, 0.15) is 0 Å². The van der Waals surface area contributed by atoms with Crippen molar-refractivity contribution in [3.05, 3.63) is 0 Å². The van der Waals surface area contributed by atoms with Crippen LogP contribution in [0.1, 0.15) is 60.3 Å². The van der Waals surface area contributed by atoms with Crippen LogP contribution in [0.4, 0.5) is 0 Å². The molecular formula is C13H30N2. The summed E-state index contributed by atoms with van der Waals surface area (Å²) in [6.07, 6.45) is 4.99. The van der Waals surface area contributed by atoms with E-state index in [2.05, 4.69) is 39.5 Å².